The molecular weight excluding hydrogens is 220 g/mol. The molecule has 1 rings (SSSR count). The monoisotopic (exact) mass is 236 g/mol. The van der Waals surface area contributed by atoms with E-state index in [9.17, 15) is 9.59 Å². The van der Waals surface area contributed by atoms with Crippen LogP contribution in [0.4, 0.5) is 0 Å². The van der Waals surface area contributed by atoms with Gasteiger partial charge in [0.15, 0.2) is 0 Å². The van der Waals surface area contributed by atoms with E-state index in [0.717, 1.165) is 0 Å². The Morgan fingerprint density at radius 1 is 1.35 bits per heavy atom. The van der Waals surface area contributed by atoms with E-state index in [1.165, 1.54) is 4.90 Å². The fraction of sp³-hybridized carbons (Fsp3) is 0.333. The predicted octanol–water partition coefficient (Wildman–Crippen LogP) is 0.620. The van der Waals surface area contributed by atoms with Crippen molar-refractivity contribution in [2.75, 3.05) is 13.1 Å². The van der Waals surface area contributed by atoms with Gasteiger partial charge in [-0.25, -0.2) is 0 Å². The van der Waals surface area contributed by atoms with Gasteiger partial charge in [0.05, 0.1) is 0 Å². The summed E-state index contributed by atoms with van der Waals surface area (Å²) in [6.07, 6.45) is 0. The second-order valence-corrected chi connectivity index (χ2v) is 3.63. The molecule has 0 aromatic heterocycles. The summed E-state index contributed by atoms with van der Waals surface area (Å²) < 4.78 is 0. The van der Waals surface area contributed by atoms with Crippen molar-refractivity contribution >= 4 is 11.9 Å². The van der Waals surface area contributed by atoms with E-state index in [0.29, 0.717) is 12.1 Å². The van der Waals surface area contributed by atoms with Crippen LogP contribution in [0.2, 0.25) is 0 Å². The van der Waals surface area contributed by atoms with Gasteiger partial charge in [-0.1, -0.05) is 30.3 Å². The highest BCUT2D eigenvalue weighted by atomic mass is 16.4. The third-order valence-corrected chi connectivity index (χ3v) is 2.44. The predicted molar refractivity (Wildman–Crippen MR) is 63.3 cm³/mol. The van der Waals surface area contributed by atoms with Crippen LogP contribution < -0.4 is 5.73 Å². The zero-order valence-corrected chi connectivity index (χ0v) is 9.67. The van der Waals surface area contributed by atoms with Gasteiger partial charge in [0.25, 0.3) is 0 Å². The molecule has 0 saturated carbocycles. The molecule has 5 heteroatoms. The van der Waals surface area contributed by atoms with Crippen LogP contribution in [-0.4, -0.2) is 35.0 Å². The summed E-state index contributed by atoms with van der Waals surface area (Å²) in [6.45, 7) is 1.72. The highest BCUT2D eigenvalue weighted by Gasteiger charge is 2.22. The standard InChI is InChI=1S/C12H16N2O3/c1-2-14(8-10(15)16)12(17)11(13)9-6-4-3-5-7-9/h3-7,11H,2,8,13H2,1H3,(H,15,16)/t11-/m0/s1. The minimum absolute atomic E-state index is 0.324. The van der Waals surface area contributed by atoms with E-state index < -0.39 is 12.0 Å². The molecule has 5 nitrogen and oxygen atoms in total. The molecule has 0 saturated heterocycles. The number of carboxylic acids is 1. The van der Waals surface area contributed by atoms with E-state index in [1.807, 2.05) is 6.07 Å². The lowest BCUT2D eigenvalue weighted by atomic mass is 10.1. The molecule has 0 fully saturated rings. The van der Waals surface area contributed by atoms with E-state index in [2.05, 4.69) is 0 Å². The first-order valence-electron chi connectivity index (χ1n) is 5.37. The molecular formula is C12H16N2O3. The molecule has 1 aromatic rings. The summed E-state index contributed by atoms with van der Waals surface area (Å²) in [5.41, 5.74) is 6.49. The van der Waals surface area contributed by atoms with E-state index in [-0.39, 0.29) is 12.5 Å². The first-order valence-corrected chi connectivity index (χ1v) is 5.37. The normalized spacial score (nSPS) is 11.9. The molecule has 0 heterocycles. The van der Waals surface area contributed by atoms with Crippen molar-refractivity contribution < 1.29 is 14.7 Å². The lowest BCUT2D eigenvalue weighted by Crippen LogP contribution is -2.41. The number of benzene rings is 1. The topological polar surface area (TPSA) is 83.6 Å². The van der Waals surface area contributed by atoms with Crippen molar-refractivity contribution in [3.05, 3.63) is 35.9 Å². The van der Waals surface area contributed by atoms with Crippen molar-refractivity contribution in [1.82, 2.24) is 4.90 Å². The minimum atomic E-state index is -1.04. The Kier molecular flexibility index (Phi) is 4.66. The van der Waals surface area contributed by atoms with Crippen LogP contribution in [-0.2, 0) is 9.59 Å². The second kappa shape index (κ2) is 6.00. The number of nitrogens with two attached hydrogens (primary N) is 1. The third-order valence-electron chi connectivity index (χ3n) is 2.44. The van der Waals surface area contributed by atoms with Gasteiger partial charge >= 0.3 is 5.97 Å². The Hall–Kier alpha value is -1.88. The maximum atomic E-state index is 11.9. The Labute approximate surface area is 99.8 Å². The molecule has 3 N–H and O–H groups in total. The van der Waals surface area contributed by atoms with Crippen molar-refractivity contribution in [3.8, 4) is 0 Å². The van der Waals surface area contributed by atoms with Gasteiger partial charge in [0.2, 0.25) is 5.91 Å². The lowest BCUT2D eigenvalue weighted by molar-refractivity contribution is -0.144. The Morgan fingerprint density at radius 2 is 1.94 bits per heavy atom. The van der Waals surface area contributed by atoms with Gasteiger partial charge < -0.3 is 15.7 Å². The SMILES string of the molecule is CCN(CC(=O)O)C(=O)[C@@H](N)c1ccccc1. The molecule has 0 aliphatic heterocycles. The molecule has 0 spiro atoms. The molecule has 1 atom stereocenters. The second-order valence-electron chi connectivity index (χ2n) is 3.63. The fourth-order valence-electron chi connectivity index (χ4n) is 1.51. The number of likely N-dealkylation sites (N-methyl/N-ethyl adjacent to an activating group) is 1. The average Bonchev–Trinajstić information content (AvgIpc) is 2.35. The van der Waals surface area contributed by atoms with Crippen LogP contribution in [0.5, 0.6) is 0 Å². The van der Waals surface area contributed by atoms with Crippen molar-refractivity contribution in [3.63, 3.8) is 0 Å². The number of aliphatic carboxylic acids is 1. The molecule has 0 aliphatic rings. The van der Waals surface area contributed by atoms with Gasteiger partial charge in [-0.3, -0.25) is 9.59 Å². The molecule has 0 bridgehead atoms. The highest BCUT2D eigenvalue weighted by molar-refractivity contribution is 5.86. The lowest BCUT2D eigenvalue weighted by Gasteiger charge is -2.22. The van der Waals surface area contributed by atoms with Crippen LogP contribution in [0.25, 0.3) is 0 Å². The summed E-state index contributed by atoms with van der Waals surface area (Å²) in [7, 11) is 0. The van der Waals surface area contributed by atoms with E-state index >= 15 is 0 Å². The number of rotatable bonds is 5. The zero-order valence-electron chi connectivity index (χ0n) is 9.67. The summed E-state index contributed by atoms with van der Waals surface area (Å²) >= 11 is 0. The first kappa shape index (κ1) is 13.2. The van der Waals surface area contributed by atoms with Crippen LogP contribution in [0.1, 0.15) is 18.5 Å². The summed E-state index contributed by atoms with van der Waals surface area (Å²) in [5.74, 6) is -1.42. The Morgan fingerprint density at radius 3 is 2.41 bits per heavy atom. The highest BCUT2D eigenvalue weighted by Crippen LogP contribution is 2.12. The molecule has 1 amide bonds. The van der Waals surface area contributed by atoms with E-state index in [1.54, 1.807) is 31.2 Å². The van der Waals surface area contributed by atoms with Gasteiger partial charge in [0.1, 0.15) is 12.6 Å². The van der Waals surface area contributed by atoms with Crippen molar-refractivity contribution in [2.45, 2.75) is 13.0 Å². The van der Waals surface area contributed by atoms with Crippen LogP contribution in [0.3, 0.4) is 0 Å². The summed E-state index contributed by atoms with van der Waals surface area (Å²) in [4.78, 5) is 23.8. The molecule has 0 radical (unpaired) electrons. The number of hydrogen-bond donors (Lipinski definition) is 2. The molecule has 0 aliphatic carbocycles. The number of carbonyl (C=O) groups excluding carboxylic acids is 1. The maximum absolute atomic E-state index is 11.9. The minimum Gasteiger partial charge on any atom is -0.480 e. The van der Waals surface area contributed by atoms with Crippen molar-refractivity contribution in [1.29, 1.82) is 0 Å². The van der Waals surface area contributed by atoms with Crippen LogP contribution in [0, 0.1) is 0 Å². The first-order chi connectivity index (χ1) is 8.06. The van der Waals surface area contributed by atoms with Gasteiger partial charge in [0, 0.05) is 6.54 Å². The summed E-state index contributed by atoms with van der Waals surface area (Å²) in [5, 5.41) is 8.68. The molecule has 92 valence electrons. The van der Waals surface area contributed by atoms with E-state index in [4.69, 9.17) is 10.8 Å². The van der Waals surface area contributed by atoms with Crippen molar-refractivity contribution in [2.24, 2.45) is 5.73 Å². The van der Waals surface area contributed by atoms with Crippen LogP contribution in [0.15, 0.2) is 30.3 Å². The number of amides is 1. The Balaban J connectivity index is 2.77. The fourth-order valence-corrected chi connectivity index (χ4v) is 1.51. The number of nitrogens with zero attached hydrogens (tertiary/aromatic N) is 1. The average molecular weight is 236 g/mol. The van der Waals surface area contributed by atoms with Gasteiger partial charge in [-0.2, -0.15) is 0 Å². The molecule has 17 heavy (non-hydrogen) atoms. The zero-order chi connectivity index (χ0) is 12.8. The third kappa shape index (κ3) is 3.57. The molecule has 1 aromatic carbocycles. The maximum Gasteiger partial charge on any atom is 0.323 e. The quantitative estimate of drug-likeness (QED) is 0.785. The van der Waals surface area contributed by atoms with Gasteiger partial charge in [-0.15, -0.1) is 0 Å². The number of carbonyl (C=O) groups is 2. The smallest absolute Gasteiger partial charge is 0.323 e. The largest absolute Gasteiger partial charge is 0.480 e. The van der Waals surface area contributed by atoms with Crippen LogP contribution >= 0.6 is 0 Å². The molecule has 0 unspecified atom stereocenters. The number of carboxylic acid groups (broad SMARTS) is 1. The summed E-state index contributed by atoms with van der Waals surface area (Å²) in [6, 6.07) is 8.09. The van der Waals surface area contributed by atoms with Gasteiger partial charge in [-0.05, 0) is 12.5 Å². The Bertz CT molecular complexity index is 392. The number of hydrogen-bond acceptors (Lipinski definition) is 3.